The van der Waals surface area contributed by atoms with Crippen molar-refractivity contribution in [1.29, 1.82) is 0 Å². The van der Waals surface area contributed by atoms with Gasteiger partial charge < -0.3 is 19.6 Å². The summed E-state index contributed by atoms with van der Waals surface area (Å²) in [5.41, 5.74) is 3.20. The second kappa shape index (κ2) is 6.73. The molecule has 0 atom stereocenters. The molecule has 1 saturated carbocycles. The number of aromatic nitrogens is 5. The number of ether oxygens (including phenoxy) is 1. The molecule has 4 aromatic heterocycles. The smallest absolute Gasteiger partial charge is 0.244 e. The average Bonchev–Trinajstić information content (AvgIpc) is 3.35. The van der Waals surface area contributed by atoms with Crippen LogP contribution in [0.2, 0.25) is 0 Å². The molecule has 4 aromatic rings. The standard InChI is InChI=1S/C21H24N6O2/c1-21(28)8-5-15(6-9-21)23-20-24-19(29-2)18-16(7-11-27(18)25-20)14-3-4-17-22-10-12-26(17)13-14/h3-4,7,10-13,15,28H,5-6,8-9H2,1-2H3,(H,23,25)/t15-,21-. The summed E-state index contributed by atoms with van der Waals surface area (Å²) in [6, 6.07) is 6.29. The van der Waals surface area contributed by atoms with Crippen molar-refractivity contribution in [2.75, 3.05) is 12.4 Å². The van der Waals surface area contributed by atoms with E-state index >= 15 is 0 Å². The molecule has 0 unspecified atom stereocenters. The van der Waals surface area contributed by atoms with Crippen molar-refractivity contribution in [3.63, 3.8) is 0 Å². The van der Waals surface area contributed by atoms with Crippen LogP contribution >= 0.6 is 0 Å². The highest BCUT2D eigenvalue weighted by molar-refractivity contribution is 5.84. The number of methoxy groups -OCH3 is 1. The molecule has 0 amide bonds. The van der Waals surface area contributed by atoms with Crippen molar-refractivity contribution >= 4 is 17.1 Å². The Morgan fingerprint density at radius 2 is 2.03 bits per heavy atom. The fourth-order valence-electron chi connectivity index (χ4n) is 4.07. The second-order valence-electron chi connectivity index (χ2n) is 7.99. The molecule has 4 heterocycles. The lowest BCUT2D eigenvalue weighted by atomic mass is 9.84. The highest BCUT2D eigenvalue weighted by atomic mass is 16.5. The lowest BCUT2D eigenvalue weighted by Gasteiger charge is -2.33. The quantitative estimate of drug-likeness (QED) is 0.555. The average molecular weight is 392 g/mol. The highest BCUT2D eigenvalue weighted by Crippen LogP contribution is 2.33. The summed E-state index contributed by atoms with van der Waals surface area (Å²) >= 11 is 0. The first-order chi connectivity index (χ1) is 14.0. The lowest BCUT2D eigenvalue weighted by Crippen LogP contribution is -2.36. The molecule has 8 nitrogen and oxygen atoms in total. The summed E-state index contributed by atoms with van der Waals surface area (Å²) in [6.07, 6.45) is 11.0. The van der Waals surface area contributed by atoms with Gasteiger partial charge in [-0.1, -0.05) is 0 Å². The van der Waals surface area contributed by atoms with Gasteiger partial charge in [0.25, 0.3) is 0 Å². The molecule has 2 N–H and O–H groups in total. The van der Waals surface area contributed by atoms with E-state index in [0.717, 1.165) is 48.0 Å². The van der Waals surface area contributed by atoms with E-state index in [1.807, 2.05) is 48.1 Å². The number of fused-ring (bicyclic) bond motifs is 2. The van der Waals surface area contributed by atoms with Crippen LogP contribution in [0.15, 0.2) is 43.0 Å². The molecule has 1 aliphatic rings. The first kappa shape index (κ1) is 17.9. The van der Waals surface area contributed by atoms with Crippen LogP contribution in [0.1, 0.15) is 32.6 Å². The zero-order chi connectivity index (χ0) is 20.0. The summed E-state index contributed by atoms with van der Waals surface area (Å²) in [5.74, 6) is 1.06. The van der Waals surface area contributed by atoms with Gasteiger partial charge in [-0.2, -0.15) is 4.98 Å². The molecule has 150 valence electrons. The van der Waals surface area contributed by atoms with Crippen LogP contribution in [0, 0.1) is 0 Å². The molecule has 1 fully saturated rings. The van der Waals surface area contributed by atoms with Crippen LogP contribution in [-0.4, -0.2) is 47.8 Å². The van der Waals surface area contributed by atoms with Gasteiger partial charge in [0, 0.05) is 42.0 Å². The summed E-state index contributed by atoms with van der Waals surface area (Å²) in [4.78, 5) is 8.91. The summed E-state index contributed by atoms with van der Waals surface area (Å²) in [6.45, 7) is 1.90. The molecular weight excluding hydrogens is 368 g/mol. The molecule has 1 aliphatic carbocycles. The van der Waals surface area contributed by atoms with Crippen molar-refractivity contribution in [3.8, 4) is 17.0 Å². The molecule has 0 radical (unpaired) electrons. The van der Waals surface area contributed by atoms with E-state index < -0.39 is 5.60 Å². The first-order valence-electron chi connectivity index (χ1n) is 9.88. The summed E-state index contributed by atoms with van der Waals surface area (Å²) < 4.78 is 9.40. The van der Waals surface area contributed by atoms with Crippen LogP contribution in [0.4, 0.5) is 5.95 Å². The molecule has 29 heavy (non-hydrogen) atoms. The lowest BCUT2D eigenvalue weighted by molar-refractivity contribution is 0.0195. The second-order valence-corrected chi connectivity index (χ2v) is 7.99. The minimum atomic E-state index is -0.563. The van der Waals surface area contributed by atoms with Crippen molar-refractivity contribution in [2.24, 2.45) is 0 Å². The van der Waals surface area contributed by atoms with E-state index in [-0.39, 0.29) is 6.04 Å². The van der Waals surface area contributed by atoms with Gasteiger partial charge in [0.2, 0.25) is 11.8 Å². The van der Waals surface area contributed by atoms with E-state index in [0.29, 0.717) is 11.8 Å². The third-order valence-electron chi connectivity index (χ3n) is 5.77. The summed E-state index contributed by atoms with van der Waals surface area (Å²) in [7, 11) is 1.62. The monoisotopic (exact) mass is 392 g/mol. The number of anilines is 1. The molecule has 0 saturated heterocycles. The van der Waals surface area contributed by atoms with Crippen LogP contribution in [0.25, 0.3) is 22.3 Å². The van der Waals surface area contributed by atoms with Gasteiger partial charge in [0.05, 0.1) is 12.7 Å². The minimum absolute atomic E-state index is 0.246. The number of hydrogen-bond acceptors (Lipinski definition) is 6. The Balaban J connectivity index is 1.49. The predicted octanol–water partition coefficient (Wildman–Crippen LogP) is 3.16. The van der Waals surface area contributed by atoms with E-state index in [1.165, 1.54) is 0 Å². The Morgan fingerprint density at radius 1 is 1.21 bits per heavy atom. The van der Waals surface area contributed by atoms with Gasteiger partial charge in [0.1, 0.15) is 11.2 Å². The largest absolute Gasteiger partial charge is 0.479 e. The fraction of sp³-hybridized carbons (Fsp3) is 0.381. The maximum atomic E-state index is 10.2. The van der Waals surface area contributed by atoms with E-state index in [4.69, 9.17) is 4.74 Å². The van der Waals surface area contributed by atoms with Crippen LogP contribution < -0.4 is 10.1 Å². The Bertz CT molecular complexity index is 1170. The predicted molar refractivity (Wildman–Crippen MR) is 110 cm³/mol. The number of nitrogens with one attached hydrogen (secondary N) is 1. The van der Waals surface area contributed by atoms with Gasteiger partial charge in [-0.3, -0.25) is 0 Å². The molecule has 0 aliphatic heterocycles. The molecule has 8 heteroatoms. The maximum absolute atomic E-state index is 10.2. The van der Waals surface area contributed by atoms with Crippen molar-refractivity contribution in [2.45, 2.75) is 44.2 Å². The minimum Gasteiger partial charge on any atom is -0.479 e. The molecule has 0 aromatic carbocycles. The summed E-state index contributed by atoms with van der Waals surface area (Å²) in [5, 5.41) is 18.2. The number of nitrogens with zero attached hydrogens (tertiary/aromatic N) is 5. The number of imidazole rings is 1. The third-order valence-corrected chi connectivity index (χ3v) is 5.77. The van der Waals surface area contributed by atoms with Crippen molar-refractivity contribution in [1.82, 2.24) is 24.0 Å². The van der Waals surface area contributed by atoms with E-state index in [2.05, 4.69) is 20.4 Å². The number of pyridine rings is 1. The Labute approximate surface area is 168 Å². The number of hydrogen-bond donors (Lipinski definition) is 2. The van der Waals surface area contributed by atoms with Crippen LogP contribution in [0.3, 0.4) is 0 Å². The Hall–Kier alpha value is -3.13. The zero-order valence-corrected chi connectivity index (χ0v) is 16.5. The first-order valence-corrected chi connectivity index (χ1v) is 9.88. The molecule has 5 rings (SSSR count). The highest BCUT2D eigenvalue weighted by Gasteiger charge is 2.29. The van der Waals surface area contributed by atoms with Crippen molar-refractivity contribution in [3.05, 3.63) is 43.0 Å². The maximum Gasteiger partial charge on any atom is 0.244 e. The van der Waals surface area contributed by atoms with Gasteiger partial charge >= 0.3 is 0 Å². The van der Waals surface area contributed by atoms with Gasteiger partial charge in [0.15, 0.2) is 0 Å². The van der Waals surface area contributed by atoms with Crippen LogP contribution in [-0.2, 0) is 0 Å². The Morgan fingerprint density at radius 3 is 2.83 bits per heavy atom. The topological polar surface area (TPSA) is 89.0 Å². The van der Waals surface area contributed by atoms with Gasteiger partial charge in [-0.05, 0) is 50.8 Å². The number of aliphatic hydroxyl groups is 1. The number of rotatable bonds is 4. The molecule has 0 spiro atoms. The SMILES string of the molecule is COc1nc(N[C@H]2CC[C@](C)(O)CC2)nn2ccc(-c3ccc4nccn4c3)c12. The van der Waals surface area contributed by atoms with Gasteiger partial charge in [-0.25, -0.2) is 9.50 Å². The van der Waals surface area contributed by atoms with E-state index in [9.17, 15) is 5.11 Å². The normalized spacial score (nSPS) is 22.2. The molecular formula is C21H24N6O2. The zero-order valence-electron chi connectivity index (χ0n) is 16.5. The van der Waals surface area contributed by atoms with Crippen LogP contribution in [0.5, 0.6) is 5.88 Å². The van der Waals surface area contributed by atoms with E-state index in [1.54, 1.807) is 17.8 Å². The third kappa shape index (κ3) is 3.29. The fourth-order valence-corrected chi connectivity index (χ4v) is 4.07. The molecule has 0 bridgehead atoms. The van der Waals surface area contributed by atoms with Crippen molar-refractivity contribution < 1.29 is 9.84 Å². The Kier molecular flexibility index (Phi) is 4.16. The van der Waals surface area contributed by atoms with Gasteiger partial charge in [-0.15, -0.1) is 5.10 Å².